The maximum absolute atomic E-state index is 13.5. The van der Waals surface area contributed by atoms with Crippen molar-refractivity contribution in [3.05, 3.63) is 89.5 Å². The average Bonchev–Trinajstić information content (AvgIpc) is 2.87. The van der Waals surface area contributed by atoms with E-state index in [-0.39, 0.29) is 4.90 Å². The number of amides is 1. The zero-order valence-corrected chi connectivity index (χ0v) is 22.0. The molecular weight excluding hydrogens is 474 g/mol. The van der Waals surface area contributed by atoms with Gasteiger partial charge in [-0.2, -0.15) is 5.10 Å². The molecule has 1 N–H and O–H groups in total. The quantitative estimate of drug-likeness (QED) is 0.284. The SMILES string of the molecule is CCCOc1ccc(/C=N\NC(=O)CN(c2ccc(C(C)C)cc2)S(=O)(=O)c2ccc(C)cc2)cc1. The Kier molecular flexibility index (Phi) is 9.25. The predicted octanol–water partition coefficient (Wildman–Crippen LogP) is 5.25. The number of carbonyl (C=O) groups excluding carboxylic acids is 1. The maximum atomic E-state index is 13.5. The van der Waals surface area contributed by atoms with Crippen LogP contribution in [0.25, 0.3) is 0 Å². The Bertz CT molecular complexity index is 1270. The lowest BCUT2D eigenvalue weighted by atomic mass is 10.0. The number of hydrogen-bond acceptors (Lipinski definition) is 5. The minimum absolute atomic E-state index is 0.114. The Morgan fingerprint density at radius 3 is 2.22 bits per heavy atom. The first-order valence-electron chi connectivity index (χ1n) is 11.9. The first kappa shape index (κ1) is 26.9. The standard InChI is InChI=1S/C28H33N3O4S/c1-5-18-35-26-14-8-23(9-15-26)19-29-30-28(32)20-31(25-12-10-24(11-13-25)21(2)3)36(33,34)27-16-6-22(4)7-17-27/h6-17,19,21H,5,18,20H2,1-4H3,(H,30,32)/b29-19-. The molecule has 3 aromatic rings. The molecule has 0 aliphatic rings. The summed E-state index contributed by atoms with van der Waals surface area (Å²) in [5, 5.41) is 4.00. The number of aryl methyl sites for hydroxylation is 1. The summed E-state index contributed by atoms with van der Waals surface area (Å²) in [5.74, 6) is 0.502. The van der Waals surface area contributed by atoms with Gasteiger partial charge < -0.3 is 4.74 Å². The molecule has 0 heterocycles. The fourth-order valence-corrected chi connectivity index (χ4v) is 4.81. The third-order valence-electron chi connectivity index (χ3n) is 5.50. The topological polar surface area (TPSA) is 88.1 Å². The van der Waals surface area contributed by atoms with Gasteiger partial charge >= 0.3 is 0 Å². The van der Waals surface area contributed by atoms with Crippen molar-refractivity contribution >= 4 is 27.8 Å². The van der Waals surface area contributed by atoms with Crippen LogP contribution in [0.3, 0.4) is 0 Å². The van der Waals surface area contributed by atoms with Crippen LogP contribution in [-0.4, -0.2) is 33.7 Å². The van der Waals surface area contributed by atoms with E-state index in [1.165, 1.54) is 6.21 Å². The molecule has 3 rings (SSSR count). The fraction of sp³-hybridized carbons (Fsp3) is 0.286. The number of benzene rings is 3. The van der Waals surface area contributed by atoms with Crippen LogP contribution in [0.5, 0.6) is 5.75 Å². The lowest BCUT2D eigenvalue weighted by Crippen LogP contribution is -2.39. The summed E-state index contributed by atoms with van der Waals surface area (Å²) >= 11 is 0. The number of anilines is 1. The zero-order valence-electron chi connectivity index (χ0n) is 21.1. The molecule has 3 aromatic carbocycles. The molecule has 190 valence electrons. The van der Waals surface area contributed by atoms with Gasteiger partial charge in [-0.25, -0.2) is 13.8 Å². The van der Waals surface area contributed by atoms with Crippen molar-refractivity contribution in [2.45, 2.75) is 44.9 Å². The minimum Gasteiger partial charge on any atom is -0.494 e. The van der Waals surface area contributed by atoms with Crippen LogP contribution >= 0.6 is 0 Å². The molecule has 8 heteroatoms. The van der Waals surface area contributed by atoms with Gasteiger partial charge in [0, 0.05) is 0 Å². The van der Waals surface area contributed by atoms with Gasteiger partial charge in [-0.05, 0) is 78.9 Å². The summed E-state index contributed by atoms with van der Waals surface area (Å²) in [5.41, 5.74) is 5.63. The molecule has 0 spiro atoms. The molecule has 0 aliphatic carbocycles. The minimum atomic E-state index is -3.98. The third-order valence-corrected chi connectivity index (χ3v) is 7.29. The highest BCUT2D eigenvalue weighted by Crippen LogP contribution is 2.26. The van der Waals surface area contributed by atoms with Crippen molar-refractivity contribution in [2.24, 2.45) is 5.10 Å². The van der Waals surface area contributed by atoms with Crippen LogP contribution in [0.4, 0.5) is 5.69 Å². The van der Waals surface area contributed by atoms with Crippen LogP contribution in [0, 0.1) is 6.92 Å². The molecule has 0 unspecified atom stereocenters. The van der Waals surface area contributed by atoms with Gasteiger partial charge in [0.2, 0.25) is 0 Å². The van der Waals surface area contributed by atoms with E-state index in [4.69, 9.17) is 4.74 Å². The first-order chi connectivity index (χ1) is 17.2. The van der Waals surface area contributed by atoms with Crippen LogP contribution < -0.4 is 14.5 Å². The van der Waals surface area contributed by atoms with Crippen molar-refractivity contribution in [3.63, 3.8) is 0 Å². The van der Waals surface area contributed by atoms with Crippen LogP contribution in [0.2, 0.25) is 0 Å². The average molecular weight is 508 g/mol. The number of ether oxygens (including phenoxy) is 1. The molecule has 0 radical (unpaired) electrons. The Morgan fingerprint density at radius 1 is 1.00 bits per heavy atom. The van der Waals surface area contributed by atoms with Crippen LogP contribution in [0.1, 0.15) is 49.8 Å². The van der Waals surface area contributed by atoms with Crippen molar-refractivity contribution in [1.29, 1.82) is 0 Å². The second-order valence-corrected chi connectivity index (χ2v) is 10.6. The largest absolute Gasteiger partial charge is 0.494 e. The van der Waals surface area contributed by atoms with Gasteiger partial charge in [0.25, 0.3) is 15.9 Å². The van der Waals surface area contributed by atoms with Gasteiger partial charge in [-0.3, -0.25) is 9.10 Å². The van der Waals surface area contributed by atoms with E-state index >= 15 is 0 Å². The highest BCUT2D eigenvalue weighted by molar-refractivity contribution is 7.92. The number of hydrazone groups is 1. The number of hydrogen-bond donors (Lipinski definition) is 1. The number of carbonyl (C=O) groups is 1. The number of sulfonamides is 1. The lowest BCUT2D eigenvalue weighted by molar-refractivity contribution is -0.119. The van der Waals surface area contributed by atoms with E-state index in [1.54, 1.807) is 36.4 Å². The van der Waals surface area contributed by atoms with Crippen molar-refractivity contribution in [2.75, 3.05) is 17.5 Å². The van der Waals surface area contributed by atoms with Gasteiger partial charge in [0.1, 0.15) is 12.3 Å². The molecule has 0 atom stereocenters. The van der Waals surface area contributed by atoms with Gasteiger partial charge in [-0.1, -0.05) is 50.6 Å². The molecule has 0 saturated heterocycles. The summed E-state index contributed by atoms with van der Waals surface area (Å²) in [6.07, 6.45) is 2.42. The summed E-state index contributed by atoms with van der Waals surface area (Å²) in [6, 6.07) is 21.1. The molecule has 0 aliphatic heterocycles. The second kappa shape index (κ2) is 12.4. The highest BCUT2D eigenvalue weighted by atomic mass is 32.2. The van der Waals surface area contributed by atoms with Crippen LogP contribution in [0.15, 0.2) is 82.8 Å². The van der Waals surface area contributed by atoms with E-state index < -0.39 is 22.5 Å². The molecule has 36 heavy (non-hydrogen) atoms. The smallest absolute Gasteiger partial charge is 0.264 e. The van der Waals surface area contributed by atoms with E-state index in [0.29, 0.717) is 18.2 Å². The number of nitrogens with zero attached hydrogens (tertiary/aromatic N) is 2. The summed E-state index contributed by atoms with van der Waals surface area (Å²) in [7, 11) is -3.98. The van der Waals surface area contributed by atoms with E-state index in [1.807, 2.05) is 50.2 Å². The van der Waals surface area contributed by atoms with Crippen molar-refractivity contribution < 1.29 is 17.9 Å². The van der Waals surface area contributed by atoms with Crippen molar-refractivity contribution in [3.8, 4) is 5.75 Å². The van der Waals surface area contributed by atoms with E-state index in [9.17, 15) is 13.2 Å². The van der Waals surface area contributed by atoms with Crippen LogP contribution in [-0.2, 0) is 14.8 Å². The highest BCUT2D eigenvalue weighted by Gasteiger charge is 2.27. The molecule has 0 bridgehead atoms. The fourth-order valence-electron chi connectivity index (χ4n) is 3.39. The Morgan fingerprint density at radius 2 is 1.64 bits per heavy atom. The van der Waals surface area contributed by atoms with Gasteiger partial charge in [0.05, 0.1) is 23.4 Å². The molecule has 7 nitrogen and oxygen atoms in total. The molecule has 1 amide bonds. The van der Waals surface area contributed by atoms with Gasteiger partial charge in [-0.15, -0.1) is 0 Å². The molecule has 0 fully saturated rings. The molecule has 0 aromatic heterocycles. The van der Waals surface area contributed by atoms with E-state index in [2.05, 4.69) is 24.4 Å². The molecular formula is C28H33N3O4S. The maximum Gasteiger partial charge on any atom is 0.264 e. The Hall–Kier alpha value is -3.65. The normalized spacial score (nSPS) is 11.6. The third kappa shape index (κ3) is 7.18. The second-order valence-electron chi connectivity index (χ2n) is 8.78. The lowest BCUT2D eigenvalue weighted by Gasteiger charge is -2.24. The summed E-state index contributed by atoms with van der Waals surface area (Å²) in [6.45, 7) is 8.28. The first-order valence-corrected chi connectivity index (χ1v) is 13.4. The predicted molar refractivity (Wildman–Crippen MR) is 144 cm³/mol. The molecule has 0 saturated carbocycles. The number of rotatable bonds is 11. The van der Waals surface area contributed by atoms with E-state index in [0.717, 1.165) is 33.2 Å². The zero-order chi connectivity index (χ0) is 26.1. The van der Waals surface area contributed by atoms with Crippen molar-refractivity contribution in [1.82, 2.24) is 5.43 Å². The monoisotopic (exact) mass is 507 g/mol. The summed E-state index contributed by atoms with van der Waals surface area (Å²) in [4.78, 5) is 12.9. The summed E-state index contributed by atoms with van der Waals surface area (Å²) < 4.78 is 33.7. The Balaban J connectivity index is 1.77. The van der Waals surface area contributed by atoms with Gasteiger partial charge in [0.15, 0.2) is 0 Å². The number of nitrogens with one attached hydrogen (secondary N) is 1. The Labute approximate surface area is 213 Å².